The average Bonchev–Trinajstić information content (AvgIpc) is 2.37. The van der Waals surface area contributed by atoms with E-state index < -0.39 is 40.6 Å². The third kappa shape index (κ3) is 2.20. The molecular weight excluding hydrogens is 279 g/mol. The molecule has 1 unspecified atom stereocenters. The maximum atomic E-state index is 13.9. The molecule has 0 spiro atoms. The second-order valence-corrected chi connectivity index (χ2v) is 4.21. The molecule has 108 valence electrons. The summed E-state index contributed by atoms with van der Waals surface area (Å²) in [5.74, 6) is -1.42. The van der Waals surface area contributed by atoms with E-state index in [0.717, 1.165) is 18.2 Å². The molecule has 0 radical (unpaired) electrons. The molecular formula is C11H10F3N3O3. The number of halogens is 3. The summed E-state index contributed by atoms with van der Waals surface area (Å²) in [6.07, 6.45) is -3.21. The number of alkyl halides is 2. The predicted octanol–water partition coefficient (Wildman–Crippen LogP) is 1.58. The number of hydrogen-bond donors (Lipinski definition) is 1. The summed E-state index contributed by atoms with van der Waals surface area (Å²) >= 11 is 0. The first-order valence-corrected chi connectivity index (χ1v) is 5.52. The van der Waals surface area contributed by atoms with Gasteiger partial charge in [0.05, 0.1) is 11.5 Å². The first-order valence-electron chi connectivity index (χ1n) is 5.52. The third-order valence-electron chi connectivity index (χ3n) is 2.90. The SMILES string of the molecule is NC1=NC(c2c(F)cccc2[N+](=O)[O-])(C(F)F)COC1. The zero-order valence-electron chi connectivity index (χ0n) is 10.1. The number of hydrogen-bond acceptors (Lipinski definition) is 5. The van der Waals surface area contributed by atoms with Gasteiger partial charge < -0.3 is 10.5 Å². The van der Waals surface area contributed by atoms with Crippen LogP contribution in [0.25, 0.3) is 0 Å². The van der Waals surface area contributed by atoms with Crippen molar-refractivity contribution < 1.29 is 22.8 Å². The lowest BCUT2D eigenvalue weighted by Crippen LogP contribution is -2.45. The van der Waals surface area contributed by atoms with Crippen molar-refractivity contribution in [3.8, 4) is 0 Å². The fourth-order valence-corrected chi connectivity index (χ4v) is 2.07. The number of benzene rings is 1. The normalized spacial score (nSPS) is 22.7. The largest absolute Gasteiger partial charge is 0.385 e. The van der Waals surface area contributed by atoms with Crippen LogP contribution in [0.3, 0.4) is 0 Å². The lowest BCUT2D eigenvalue weighted by atomic mass is 9.89. The van der Waals surface area contributed by atoms with Gasteiger partial charge in [0.1, 0.15) is 23.8 Å². The van der Waals surface area contributed by atoms with Gasteiger partial charge in [-0.3, -0.25) is 15.1 Å². The summed E-state index contributed by atoms with van der Waals surface area (Å²) in [6.45, 7) is -0.871. The molecule has 1 heterocycles. The van der Waals surface area contributed by atoms with Crippen LogP contribution in [0.1, 0.15) is 5.56 Å². The van der Waals surface area contributed by atoms with Crippen molar-refractivity contribution in [2.45, 2.75) is 12.0 Å². The highest BCUT2D eigenvalue weighted by atomic mass is 19.3. The van der Waals surface area contributed by atoms with Gasteiger partial charge in [0.15, 0.2) is 5.54 Å². The van der Waals surface area contributed by atoms with Gasteiger partial charge in [0.2, 0.25) is 0 Å². The molecule has 2 N–H and O–H groups in total. The molecule has 0 fully saturated rings. The third-order valence-corrected chi connectivity index (χ3v) is 2.90. The molecule has 1 aromatic carbocycles. The van der Waals surface area contributed by atoms with Crippen LogP contribution in [-0.2, 0) is 10.3 Å². The van der Waals surface area contributed by atoms with Gasteiger partial charge in [-0.1, -0.05) is 6.07 Å². The van der Waals surface area contributed by atoms with Gasteiger partial charge in [-0.2, -0.15) is 0 Å². The Bertz CT molecular complexity index is 579. The van der Waals surface area contributed by atoms with E-state index in [0.29, 0.717) is 0 Å². The van der Waals surface area contributed by atoms with Crippen molar-refractivity contribution in [3.63, 3.8) is 0 Å². The molecule has 9 heteroatoms. The van der Waals surface area contributed by atoms with Crippen molar-refractivity contribution in [2.24, 2.45) is 10.7 Å². The minimum atomic E-state index is -3.21. The highest BCUT2D eigenvalue weighted by Gasteiger charge is 2.50. The molecule has 1 aromatic rings. The van der Waals surface area contributed by atoms with Crippen LogP contribution in [0.2, 0.25) is 0 Å². The second kappa shape index (κ2) is 5.08. The molecule has 1 aliphatic heterocycles. The minimum absolute atomic E-state index is 0.184. The van der Waals surface area contributed by atoms with Crippen LogP contribution >= 0.6 is 0 Å². The predicted molar refractivity (Wildman–Crippen MR) is 63.2 cm³/mol. The molecule has 6 nitrogen and oxygen atoms in total. The summed E-state index contributed by atoms with van der Waals surface area (Å²) in [4.78, 5) is 13.6. The van der Waals surface area contributed by atoms with Gasteiger partial charge in [-0.05, 0) is 6.07 Å². The lowest BCUT2D eigenvalue weighted by molar-refractivity contribution is -0.386. The maximum Gasteiger partial charge on any atom is 0.278 e. The number of nitro groups is 1. The summed E-state index contributed by atoms with van der Waals surface area (Å²) in [7, 11) is 0. The zero-order valence-corrected chi connectivity index (χ0v) is 10.1. The minimum Gasteiger partial charge on any atom is -0.385 e. The number of nitro benzene ring substituents is 1. The van der Waals surface area contributed by atoms with Crippen LogP contribution in [0.4, 0.5) is 18.9 Å². The summed E-state index contributed by atoms with van der Waals surface area (Å²) in [5, 5.41) is 10.9. The Labute approximate surface area is 111 Å². The van der Waals surface area contributed by atoms with Gasteiger partial charge in [-0.15, -0.1) is 0 Å². The van der Waals surface area contributed by atoms with Gasteiger partial charge in [-0.25, -0.2) is 13.2 Å². The van der Waals surface area contributed by atoms with Crippen LogP contribution in [0.15, 0.2) is 23.2 Å². The van der Waals surface area contributed by atoms with E-state index in [1.807, 2.05) is 0 Å². The topological polar surface area (TPSA) is 90.8 Å². The molecule has 0 aliphatic carbocycles. The number of nitrogens with two attached hydrogens (primary N) is 1. The van der Waals surface area contributed by atoms with E-state index in [1.165, 1.54) is 0 Å². The molecule has 0 aromatic heterocycles. The fraction of sp³-hybridized carbons (Fsp3) is 0.364. The van der Waals surface area contributed by atoms with Crippen molar-refractivity contribution in [1.29, 1.82) is 0 Å². The molecule has 0 amide bonds. The van der Waals surface area contributed by atoms with Crippen molar-refractivity contribution in [1.82, 2.24) is 0 Å². The van der Waals surface area contributed by atoms with Crippen LogP contribution in [0, 0.1) is 15.9 Å². The molecule has 0 bridgehead atoms. The summed E-state index contributed by atoms with van der Waals surface area (Å²) in [5.41, 5.74) is 1.26. The number of ether oxygens (including phenoxy) is 1. The zero-order chi connectivity index (χ0) is 14.9. The molecule has 0 saturated carbocycles. The monoisotopic (exact) mass is 289 g/mol. The average molecular weight is 289 g/mol. The van der Waals surface area contributed by atoms with Gasteiger partial charge >= 0.3 is 0 Å². The Morgan fingerprint density at radius 2 is 2.20 bits per heavy atom. The molecule has 0 saturated heterocycles. The number of rotatable bonds is 3. The Kier molecular flexibility index (Phi) is 3.62. The fourth-order valence-electron chi connectivity index (χ4n) is 2.07. The van der Waals surface area contributed by atoms with E-state index in [9.17, 15) is 23.3 Å². The Balaban J connectivity index is 2.74. The van der Waals surface area contributed by atoms with E-state index in [4.69, 9.17) is 10.5 Å². The highest BCUT2D eigenvalue weighted by Crippen LogP contribution is 2.41. The lowest BCUT2D eigenvalue weighted by Gasteiger charge is -2.32. The van der Waals surface area contributed by atoms with Crippen LogP contribution < -0.4 is 5.73 Å². The maximum absolute atomic E-state index is 13.9. The summed E-state index contributed by atoms with van der Waals surface area (Å²) < 4.78 is 45.7. The summed E-state index contributed by atoms with van der Waals surface area (Å²) in [6, 6.07) is 2.85. The number of aliphatic imine (C=N–C) groups is 1. The van der Waals surface area contributed by atoms with Crippen LogP contribution in [0.5, 0.6) is 0 Å². The smallest absolute Gasteiger partial charge is 0.278 e. The standard InChI is InChI=1S/C11H10F3N3O3/c12-6-2-1-3-7(17(18)19)9(6)11(10(13)14)5-20-4-8(15)16-11/h1-3,10H,4-5H2,(H2,15,16). The van der Waals surface area contributed by atoms with E-state index in [-0.39, 0.29) is 12.4 Å². The molecule has 20 heavy (non-hydrogen) atoms. The van der Waals surface area contributed by atoms with Crippen molar-refractivity contribution >= 4 is 11.5 Å². The Morgan fingerprint density at radius 1 is 1.50 bits per heavy atom. The Hall–Kier alpha value is -2.16. The van der Waals surface area contributed by atoms with Gasteiger partial charge in [0.25, 0.3) is 12.1 Å². The molecule has 2 rings (SSSR count). The van der Waals surface area contributed by atoms with Gasteiger partial charge in [0, 0.05) is 6.07 Å². The van der Waals surface area contributed by atoms with Crippen molar-refractivity contribution in [3.05, 3.63) is 39.7 Å². The first kappa shape index (κ1) is 14.3. The van der Waals surface area contributed by atoms with E-state index in [2.05, 4.69) is 4.99 Å². The van der Waals surface area contributed by atoms with E-state index in [1.54, 1.807) is 0 Å². The Morgan fingerprint density at radius 3 is 2.75 bits per heavy atom. The van der Waals surface area contributed by atoms with Crippen molar-refractivity contribution in [2.75, 3.05) is 13.2 Å². The van der Waals surface area contributed by atoms with E-state index >= 15 is 0 Å². The first-order chi connectivity index (χ1) is 9.38. The number of nitrogens with zero attached hydrogens (tertiary/aromatic N) is 2. The molecule has 1 atom stereocenters. The van der Waals surface area contributed by atoms with Crippen LogP contribution in [-0.4, -0.2) is 30.4 Å². The quantitative estimate of drug-likeness (QED) is 0.675. The molecule has 1 aliphatic rings. The highest BCUT2D eigenvalue weighted by molar-refractivity contribution is 5.83. The number of amidine groups is 1. The second-order valence-electron chi connectivity index (χ2n) is 4.21.